The van der Waals surface area contributed by atoms with E-state index in [0.29, 0.717) is 18.0 Å². The summed E-state index contributed by atoms with van der Waals surface area (Å²) in [5.74, 6) is 1.40. The van der Waals surface area contributed by atoms with Crippen LogP contribution in [0.25, 0.3) is 0 Å². The summed E-state index contributed by atoms with van der Waals surface area (Å²) in [7, 11) is 0. The van der Waals surface area contributed by atoms with E-state index in [2.05, 4.69) is 60.7 Å². The molecule has 1 aliphatic heterocycles. The minimum atomic E-state index is 0. The SMILES string of the molecule is CCNC(=NCC(C)N1CCOCC1C)NCC(C)c1cccs1.I. The molecule has 2 heterocycles. The van der Waals surface area contributed by atoms with Crippen molar-refractivity contribution >= 4 is 41.3 Å². The van der Waals surface area contributed by atoms with E-state index in [1.54, 1.807) is 0 Å². The van der Waals surface area contributed by atoms with Crippen molar-refractivity contribution in [1.82, 2.24) is 15.5 Å². The number of halogens is 1. The molecule has 0 radical (unpaired) electrons. The average molecular weight is 480 g/mol. The molecule has 5 nitrogen and oxygen atoms in total. The van der Waals surface area contributed by atoms with Crippen LogP contribution in [0.2, 0.25) is 0 Å². The van der Waals surface area contributed by atoms with E-state index in [0.717, 1.165) is 45.4 Å². The molecule has 2 rings (SSSR count). The molecule has 3 atom stereocenters. The second-order valence-corrected chi connectivity index (χ2v) is 7.51. The zero-order valence-corrected chi connectivity index (χ0v) is 19.0. The summed E-state index contributed by atoms with van der Waals surface area (Å²) < 4.78 is 5.53. The maximum atomic E-state index is 5.53. The lowest BCUT2D eigenvalue weighted by molar-refractivity contribution is -0.0165. The topological polar surface area (TPSA) is 48.9 Å². The fraction of sp³-hybridized carbons (Fsp3) is 0.722. The summed E-state index contributed by atoms with van der Waals surface area (Å²) in [4.78, 5) is 8.69. The first kappa shape index (κ1) is 22.7. The van der Waals surface area contributed by atoms with Crippen LogP contribution in [0.3, 0.4) is 0 Å². The van der Waals surface area contributed by atoms with Crippen LogP contribution >= 0.6 is 35.3 Å². The van der Waals surface area contributed by atoms with Gasteiger partial charge in [-0.1, -0.05) is 13.0 Å². The van der Waals surface area contributed by atoms with Crippen LogP contribution in [0.1, 0.15) is 38.5 Å². The Bertz CT molecular complexity index is 497. The second kappa shape index (κ2) is 12.1. The van der Waals surface area contributed by atoms with Gasteiger partial charge in [-0.15, -0.1) is 35.3 Å². The van der Waals surface area contributed by atoms with Crippen LogP contribution in [0.15, 0.2) is 22.5 Å². The first-order chi connectivity index (χ1) is 11.6. The van der Waals surface area contributed by atoms with E-state index in [4.69, 9.17) is 9.73 Å². The van der Waals surface area contributed by atoms with Crippen LogP contribution in [0.5, 0.6) is 0 Å². The van der Waals surface area contributed by atoms with Crippen molar-refractivity contribution in [3.63, 3.8) is 0 Å². The van der Waals surface area contributed by atoms with E-state index in [9.17, 15) is 0 Å². The maximum absolute atomic E-state index is 5.53. The van der Waals surface area contributed by atoms with Gasteiger partial charge in [-0.3, -0.25) is 9.89 Å². The number of thiophene rings is 1. The zero-order valence-electron chi connectivity index (χ0n) is 15.8. The number of ether oxygens (including phenoxy) is 1. The van der Waals surface area contributed by atoms with Gasteiger partial charge >= 0.3 is 0 Å². The summed E-state index contributed by atoms with van der Waals surface area (Å²) in [6, 6.07) is 5.21. The van der Waals surface area contributed by atoms with E-state index in [-0.39, 0.29) is 24.0 Å². The highest BCUT2D eigenvalue weighted by molar-refractivity contribution is 14.0. The fourth-order valence-corrected chi connectivity index (χ4v) is 3.77. The molecule has 2 N–H and O–H groups in total. The number of nitrogens with zero attached hydrogens (tertiary/aromatic N) is 2. The van der Waals surface area contributed by atoms with E-state index < -0.39 is 0 Å². The van der Waals surface area contributed by atoms with E-state index >= 15 is 0 Å². The molecule has 1 aromatic heterocycles. The molecule has 1 aromatic rings. The highest BCUT2D eigenvalue weighted by atomic mass is 127. The van der Waals surface area contributed by atoms with Gasteiger partial charge in [0.2, 0.25) is 0 Å². The molecule has 0 aliphatic carbocycles. The third-order valence-electron chi connectivity index (χ3n) is 4.45. The predicted molar refractivity (Wildman–Crippen MR) is 119 cm³/mol. The lowest BCUT2D eigenvalue weighted by atomic mass is 10.1. The zero-order chi connectivity index (χ0) is 17.4. The number of guanidine groups is 1. The molecule has 0 bridgehead atoms. The Morgan fingerprint density at radius 1 is 1.44 bits per heavy atom. The van der Waals surface area contributed by atoms with Crippen LogP contribution in [-0.4, -0.2) is 62.3 Å². The Hall–Kier alpha value is -0.380. The van der Waals surface area contributed by atoms with Gasteiger partial charge in [0.25, 0.3) is 0 Å². The molecule has 1 aliphatic rings. The Labute approximate surface area is 173 Å². The van der Waals surface area contributed by atoms with Crippen molar-refractivity contribution in [2.45, 2.75) is 45.7 Å². The smallest absolute Gasteiger partial charge is 0.191 e. The van der Waals surface area contributed by atoms with Crippen molar-refractivity contribution in [3.8, 4) is 0 Å². The van der Waals surface area contributed by atoms with Crippen LogP contribution in [0.4, 0.5) is 0 Å². The average Bonchev–Trinajstić information content (AvgIpc) is 3.12. The molecule has 0 aromatic carbocycles. The van der Waals surface area contributed by atoms with E-state index in [1.165, 1.54) is 4.88 Å². The first-order valence-corrected chi connectivity index (χ1v) is 9.88. The van der Waals surface area contributed by atoms with Gasteiger partial charge < -0.3 is 15.4 Å². The molecule has 3 unspecified atom stereocenters. The molecule has 144 valence electrons. The van der Waals surface area contributed by atoms with Crippen LogP contribution in [-0.2, 0) is 4.74 Å². The normalized spacial score (nSPS) is 21.3. The number of morpholine rings is 1. The third-order valence-corrected chi connectivity index (χ3v) is 5.55. The molecule has 0 amide bonds. The van der Waals surface area contributed by atoms with E-state index in [1.807, 2.05) is 11.3 Å². The third kappa shape index (κ3) is 7.40. The van der Waals surface area contributed by atoms with Gasteiger partial charge in [0.15, 0.2) is 5.96 Å². The molecule has 25 heavy (non-hydrogen) atoms. The Balaban J connectivity index is 0.00000312. The van der Waals surface area contributed by atoms with Crippen LogP contribution in [0, 0.1) is 0 Å². The number of hydrogen-bond acceptors (Lipinski definition) is 4. The lowest BCUT2D eigenvalue weighted by Gasteiger charge is -2.37. The monoisotopic (exact) mass is 480 g/mol. The quantitative estimate of drug-likeness (QED) is 0.358. The molecule has 0 spiro atoms. The Kier molecular flexibility index (Phi) is 11.0. The largest absolute Gasteiger partial charge is 0.379 e. The summed E-state index contributed by atoms with van der Waals surface area (Å²) in [6.45, 7) is 14.1. The Morgan fingerprint density at radius 2 is 2.24 bits per heavy atom. The fourth-order valence-electron chi connectivity index (χ4n) is 2.99. The van der Waals surface area contributed by atoms with Crippen molar-refractivity contribution in [2.24, 2.45) is 4.99 Å². The molecule has 1 saturated heterocycles. The van der Waals surface area contributed by atoms with Gasteiger partial charge in [-0.25, -0.2) is 0 Å². The number of hydrogen-bond donors (Lipinski definition) is 2. The van der Waals surface area contributed by atoms with Gasteiger partial charge in [-0.05, 0) is 32.2 Å². The molecular weight excluding hydrogens is 447 g/mol. The van der Waals surface area contributed by atoms with Gasteiger partial charge in [-0.2, -0.15) is 0 Å². The minimum absolute atomic E-state index is 0. The predicted octanol–water partition coefficient (Wildman–Crippen LogP) is 3.13. The number of aliphatic imine (C=N–C) groups is 1. The number of nitrogens with one attached hydrogen (secondary N) is 2. The lowest BCUT2D eigenvalue weighted by Crippen LogP contribution is -2.49. The van der Waals surface area contributed by atoms with Gasteiger partial charge in [0.05, 0.1) is 19.8 Å². The highest BCUT2D eigenvalue weighted by Crippen LogP contribution is 2.19. The summed E-state index contributed by atoms with van der Waals surface area (Å²) in [5.41, 5.74) is 0. The molecule has 7 heteroatoms. The van der Waals surface area contributed by atoms with Gasteiger partial charge in [0.1, 0.15) is 0 Å². The second-order valence-electron chi connectivity index (χ2n) is 6.53. The number of rotatable bonds is 7. The summed E-state index contributed by atoms with van der Waals surface area (Å²) >= 11 is 1.81. The van der Waals surface area contributed by atoms with Crippen molar-refractivity contribution in [3.05, 3.63) is 22.4 Å². The van der Waals surface area contributed by atoms with Crippen LogP contribution < -0.4 is 10.6 Å². The van der Waals surface area contributed by atoms with Crippen molar-refractivity contribution in [1.29, 1.82) is 0 Å². The molecular formula is C18H33IN4OS. The molecule has 1 fully saturated rings. The Morgan fingerprint density at radius 3 is 2.88 bits per heavy atom. The molecule has 0 saturated carbocycles. The van der Waals surface area contributed by atoms with Crippen molar-refractivity contribution in [2.75, 3.05) is 39.4 Å². The maximum Gasteiger partial charge on any atom is 0.191 e. The standard InChI is InChI=1S/C18H32N4OS.HI/c1-5-19-18(20-11-14(2)17-7-6-10-24-17)21-12-15(3)22-8-9-23-13-16(22)4;/h6-7,10,14-16H,5,8-9,11-13H2,1-4H3,(H2,19,20,21);1H. The first-order valence-electron chi connectivity index (χ1n) is 9.00. The van der Waals surface area contributed by atoms with Crippen molar-refractivity contribution < 1.29 is 4.74 Å². The van der Waals surface area contributed by atoms with Gasteiger partial charge in [0, 0.05) is 42.5 Å². The minimum Gasteiger partial charge on any atom is -0.379 e. The summed E-state index contributed by atoms with van der Waals surface area (Å²) in [5, 5.41) is 8.97. The highest BCUT2D eigenvalue weighted by Gasteiger charge is 2.23. The summed E-state index contributed by atoms with van der Waals surface area (Å²) in [6.07, 6.45) is 0.